The molecule has 3 rings (SSSR count). The topological polar surface area (TPSA) is 67.9 Å². The fourth-order valence-electron chi connectivity index (χ4n) is 2.70. The third kappa shape index (κ3) is 4.25. The molecule has 0 N–H and O–H groups in total. The van der Waals surface area contributed by atoms with E-state index in [0.717, 1.165) is 25.8 Å². The van der Waals surface area contributed by atoms with Gasteiger partial charge in [-0.15, -0.1) is 10.2 Å². The maximum absolute atomic E-state index is 12.4. The number of hydrogen-bond donors (Lipinski definition) is 0. The van der Waals surface area contributed by atoms with Crippen LogP contribution in [-0.4, -0.2) is 37.8 Å². The lowest BCUT2D eigenvalue weighted by molar-refractivity contribution is -0.131. The Balaban J connectivity index is 1.73. The van der Waals surface area contributed by atoms with Crippen LogP contribution in [0.2, 0.25) is 0 Å². The molecule has 124 valence electrons. The third-order valence-corrected chi connectivity index (χ3v) is 3.70. The minimum absolute atomic E-state index is 0.193. The second kappa shape index (κ2) is 6.61. The number of alkyl halides is 3. The Kier molecular flexibility index (Phi) is 4.56. The Hall–Kier alpha value is -2.03. The van der Waals surface area contributed by atoms with Gasteiger partial charge >= 0.3 is 6.18 Å². The van der Waals surface area contributed by atoms with Crippen LogP contribution in [0.25, 0.3) is 0 Å². The molecule has 9 heteroatoms. The Labute approximate surface area is 130 Å². The van der Waals surface area contributed by atoms with Crippen LogP contribution in [0.15, 0.2) is 22.9 Å². The minimum atomic E-state index is -4.35. The number of nitrogens with zero attached hydrogens (tertiary/aromatic N) is 5. The van der Waals surface area contributed by atoms with Crippen LogP contribution in [0.1, 0.15) is 42.9 Å². The first-order valence-corrected chi connectivity index (χ1v) is 7.40. The van der Waals surface area contributed by atoms with Crippen LogP contribution >= 0.6 is 0 Å². The van der Waals surface area contributed by atoms with Crippen molar-refractivity contribution in [3.63, 3.8) is 0 Å². The highest BCUT2D eigenvalue weighted by atomic mass is 19.4. The zero-order valence-corrected chi connectivity index (χ0v) is 12.3. The van der Waals surface area contributed by atoms with Crippen molar-refractivity contribution >= 4 is 0 Å². The van der Waals surface area contributed by atoms with E-state index in [1.54, 1.807) is 18.5 Å². The summed E-state index contributed by atoms with van der Waals surface area (Å²) in [5, 5.41) is 7.34. The first kappa shape index (κ1) is 15.9. The Bertz CT molecular complexity index is 631. The Morgan fingerprint density at radius 1 is 1.17 bits per heavy atom. The molecule has 6 nitrogen and oxygen atoms in total. The molecule has 1 fully saturated rings. The van der Waals surface area contributed by atoms with E-state index in [0.29, 0.717) is 12.4 Å². The number of likely N-dealkylation sites (tertiary alicyclic amines) is 1. The largest absolute Gasteiger partial charge is 0.423 e. The van der Waals surface area contributed by atoms with Crippen LogP contribution in [0, 0.1) is 0 Å². The van der Waals surface area contributed by atoms with Gasteiger partial charge in [0.05, 0.1) is 12.6 Å². The van der Waals surface area contributed by atoms with E-state index in [4.69, 9.17) is 4.42 Å². The molecule has 1 aliphatic rings. The lowest BCUT2D eigenvalue weighted by atomic mass is 10.0. The molecule has 0 saturated carbocycles. The van der Waals surface area contributed by atoms with Gasteiger partial charge in [0.25, 0.3) is 0 Å². The lowest BCUT2D eigenvalue weighted by Crippen LogP contribution is -2.33. The predicted octanol–water partition coefficient (Wildman–Crippen LogP) is 2.69. The summed E-state index contributed by atoms with van der Waals surface area (Å²) in [5.41, 5.74) is 0. The van der Waals surface area contributed by atoms with Crippen LogP contribution in [-0.2, 0) is 13.0 Å². The van der Waals surface area contributed by atoms with Gasteiger partial charge in [0, 0.05) is 12.4 Å². The van der Waals surface area contributed by atoms with E-state index in [1.165, 1.54) is 0 Å². The van der Waals surface area contributed by atoms with Crippen LogP contribution in [0.4, 0.5) is 13.2 Å². The average Bonchev–Trinajstić information content (AvgIpc) is 2.95. The summed E-state index contributed by atoms with van der Waals surface area (Å²) in [7, 11) is 0. The first-order chi connectivity index (χ1) is 11.0. The summed E-state index contributed by atoms with van der Waals surface area (Å²) < 4.78 is 42.4. The Morgan fingerprint density at radius 3 is 2.70 bits per heavy atom. The maximum atomic E-state index is 12.4. The van der Waals surface area contributed by atoms with Crippen molar-refractivity contribution < 1.29 is 17.6 Å². The molecule has 1 atom stereocenters. The molecule has 2 aromatic heterocycles. The van der Waals surface area contributed by atoms with E-state index in [2.05, 4.69) is 25.1 Å². The van der Waals surface area contributed by atoms with Gasteiger partial charge in [0.1, 0.15) is 12.2 Å². The standard InChI is InChI=1S/C14H16F3N5O/c15-14(16,17)8-12-20-21-13(23-12)10-4-1-2-7-22(10)9-11-18-5-3-6-19-11/h3,5-6,10H,1-2,4,7-9H2/t10-/m1/s1. The van der Waals surface area contributed by atoms with Crippen molar-refractivity contribution in [3.05, 3.63) is 36.1 Å². The molecule has 0 unspecified atom stereocenters. The monoisotopic (exact) mass is 327 g/mol. The zero-order valence-electron chi connectivity index (χ0n) is 12.3. The molecular formula is C14H16F3N5O. The maximum Gasteiger partial charge on any atom is 0.397 e. The van der Waals surface area contributed by atoms with E-state index in [-0.39, 0.29) is 11.9 Å². The molecule has 0 aliphatic carbocycles. The molecule has 0 radical (unpaired) electrons. The normalized spacial score (nSPS) is 19.9. The first-order valence-electron chi connectivity index (χ1n) is 7.40. The van der Waals surface area contributed by atoms with Crippen molar-refractivity contribution in [1.29, 1.82) is 0 Å². The molecule has 3 heterocycles. The number of halogens is 3. The van der Waals surface area contributed by atoms with Gasteiger partial charge in [-0.3, -0.25) is 4.90 Å². The molecule has 0 amide bonds. The van der Waals surface area contributed by atoms with Gasteiger partial charge < -0.3 is 4.42 Å². The highest BCUT2D eigenvalue weighted by Gasteiger charge is 2.33. The molecule has 2 aromatic rings. The van der Waals surface area contributed by atoms with Crippen molar-refractivity contribution in [2.24, 2.45) is 0 Å². The van der Waals surface area contributed by atoms with E-state index in [9.17, 15) is 13.2 Å². The molecule has 1 saturated heterocycles. The van der Waals surface area contributed by atoms with Gasteiger partial charge in [-0.05, 0) is 25.5 Å². The number of rotatable bonds is 4. The average molecular weight is 327 g/mol. The quantitative estimate of drug-likeness (QED) is 0.860. The molecule has 0 spiro atoms. The molecule has 0 bridgehead atoms. The third-order valence-electron chi connectivity index (χ3n) is 3.70. The molecule has 0 aromatic carbocycles. The highest BCUT2D eigenvalue weighted by Crippen LogP contribution is 2.31. The van der Waals surface area contributed by atoms with Crippen molar-refractivity contribution in [2.45, 2.75) is 44.4 Å². The molecule has 1 aliphatic heterocycles. The summed E-state index contributed by atoms with van der Waals surface area (Å²) in [6.45, 7) is 1.29. The number of hydrogen-bond acceptors (Lipinski definition) is 6. The summed E-state index contributed by atoms with van der Waals surface area (Å²) in [6, 6.07) is 1.54. The fourth-order valence-corrected chi connectivity index (χ4v) is 2.70. The summed E-state index contributed by atoms with van der Waals surface area (Å²) in [4.78, 5) is 10.4. The van der Waals surface area contributed by atoms with Crippen molar-refractivity contribution in [1.82, 2.24) is 25.1 Å². The van der Waals surface area contributed by atoms with E-state index in [1.807, 2.05) is 0 Å². The smallest absolute Gasteiger partial charge is 0.397 e. The summed E-state index contributed by atoms with van der Waals surface area (Å²) in [6.07, 6.45) is 0.508. The molecule has 23 heavy (non-hydrogen) atoms. The highest BCUT2D eigenvalue weighted by molar-refractivity contribution is 4.97. The SMILES string of the molecule is FC(F)(F)Cc1nnc([C@H]2CCCCN2Cc2ncccn2)o1. The fraction of sp³-hybridized carbons (Fsp3) is 0.571. The van der Waals surface area contributed by atoms with Crippen LogP contribution in [0.3, 0.4) is 0 Å². The van der Waals surface area contributed by atoms with Gasteiger partial charge in [-0.25, -0.2) is 9.97 Å². The second-order valence-corrected chi connectivity index (χ2v) is 5.47. The van der Waals surface area contributed by atoms with E-state index >= 15 is 0 Å². The second-order valence-electron chi connectivity index (χ2n) is 5.47. The van der Waals surface area contributed by atoms with Gasteiger partial charge in [-0.2, -0.15) is 13.2 Å². The van der Waals surface area contributed by atoms with Crippen molar-refractivity contribution in [3.8, 4) is 0 Å². The van der Waals surface area contributed by atoms with Crippen molar-refractivity contribution in [2.75, 3.05) is 6.54 Å². The lowest BCUT2D eigenvalue weighted by Gasteiger charge is -2.32. The minimum Gasteiger partial charge on any atom is -0.423 e. The zero-order chi connectivity index (χ0) is 16.3. The molecular weight excluding hydrogens is 311 g/mol. The summed E-state index contributed by atoms with van der Waals surface area (Å²) >= 11 is 0. The predicted molar refractivity (Wildman–Crippen MR) is 73.1 cm³/mol. The Morgan fingerprint density at radius 2 is 1.96 bits per heavy atom. The van der Waals surface area contributed by atoms with Gasteiger partial charge in [0.15, 0.2) is 0 Å². The van der Waals surface area contributed by atoms with Crippen LogP contribution in [0.5, 0.6) is 0 Å². The summed E-state index contributed by atoms with van der Waals surface area (Å²) in [5.74, 6) is 0.503. The van der Waals surface area contributed by atoms with Gasteiger partial charge in [0.2, 0.25) is 11.8 Å². The van der Waals surface area contributed by atoms with E-state index < -0.39 is 18.5 Å². The van der Waals surface area contributed by atoms with Crippen LogP contribution < -0.4 is 0 Å². The number of piperidine rings is 1. The van der Waals surface area contributed by atoms with Gasteiger partial charge in [-0.1, -0.05) is 6.42 Å². The number of aromatic nitrogens is 4.